The number of imide groups is 1. The molecule has 2 fully saturated rings. The summed E-state index contributed by atoms with van der Waals surface area (Å²) in [7, 11) is 0. The Labute approximate surface area is 201 Å². The number of rotatable bonds is 3. The van der Waals surface area contributed by atoms with Gasteiger partial charge in [-0.2, -0.15) is 5.26 Å². The van der Waals surface area contributed by atoms with Gasteiger partial charge in [-0.3, -0.25) is 14.4 Å². The van der Waals surface area contributed by atoms with Gasteiger partial charge in [-0.05, 0) is 49.7 Å². The lowest BCUT2D eigenvalue weighted by atomic mass is 9.62. The van der Waals surface area contributed by atoms with Gasteiger partial charge in [0.15, 0.2) is 5.41 Å². The number of carbonyl (C=O) groups excluding carboxylic acids is 3. The van der Waals surface area contributed by atoms with Crippen LogP contribution in [0, 0.1) is 16.7 Å². The summed E-state index contributed by atoms with van der Waals surface area (Å²) < 4.78 is 5.38. The van der Waals surface area contributed by atoms with Crippen LogP contribution >= 0.6 is 23.2 Å². The fourth-order valence-corrected chi connectivity index (χ4v) is 5.15. The first kappa shape index (κ1) is 23.2. The van der Waals surface area contributed by atoms with E-state index in [0.29, 0.717) is 37.4 Å². The predicted molar refractivity (Wildman–Crippen MR) is 123 cm³/mol. The average Bonchev–Trinajstić information content (AvgIpc) is 2.95. The summed E-state index contributed by atoms with van der Waals surface area (Å²) in [5.74, 6) is -1.71. The Balaban J connectivity index is 1.95. The number of benzene rings is 2. The van der Waals surface area contributed by atoms with Crippen LogP contribution in [-0.4, -0.2) is 48.9 Å². The quantitative estimate of drug-likeness (QED) is 0.489. The van der Waals surface area contributed by atoms with Crippen LogP contribution in [0.2, 0.25) is 10.0 Å². The molecular weight excluding hydrogens is 465 g/mol. The highest BCUT2D eigenvalue weighted by Crippen LogP contribution is 2.52. The Morgan fingerprint density at radius 3 is 2.12 bits per heavy atom. The number of hydrogen-bond acceptors (Lipinski definition) is 5. The maximum Gasteiger partial charge on any atom is 0.255 e. The number of morpholine rings is 1. The monoisotopic (exact) mass is 485 g/mol. The number of ether oxygens (including phenoxy) is 1. The number of nitriles is 1. The molecule has 2 saturated heterocycles. The van der Waals surface area contributed by atoms with Crippen LogP contribution in [0.4, 0.5) is 5.69 Å². The van der Waals surface area contributed by atoms with Gasteiger partial charge in [0, 0.05) is 23.1 Å². The molecule has 0 aromatic heterocycles. The highest BCUT2D eigenvalue weighted by atomic mass is 35.5. The molecule has 0 aliphatic carbocycles. The molecule has 9 heteroatoms. The molecule has 3 amide bonds. The van der Waals surface area contributed by atoms with Crippen LogP contribution in [0.25, 0.3) is 0 Å². The third-order valence-electron chi connectivity index (χ3n) is 6.37. The van der Waals surface area contributed by atoms with Crippen molar-refractivity contribution in [3.63, 3.8) is 0 Å². The fraction of sp³-hybridized carbons (Fsp3) is 0.333. The molecule has 2 aromatic carbocycles. The van der Waals surface area contributed by atoms with Crippen LogP contribution in [-0.2, 0) is 24.5 Å². The van der Waals surface area contributed by atoms with Crippen molar-refractivity contribution in [3.05, 3.63) is 63.6 Å². The van der Waals surface area contributed by atoms with E-state index in [0.717, 1.165) is 4.90 Å². The zero-order chi connectivity index (χ0) is 24.0. The summed E-state index contributed by atoms with van der Waals surface area (Å²) >= 11 is 12.3. The smallest absolute Gasteiger partial charge is 0.255 e. The normalized spacial score (nSPS) is 22.4. The summed E-state index contributed by atoms with van der Waals surface area (Å²) in [6, 6.07) is 12.7. The van der Waals surface area contributed by atoms with Gasteiger partial charge in [-0.1, -0.05) is 35.3 Å². The highest BCUT2D eigenvalue weighted by Gasteiger charge is 2.70. The molecule has 0 spiro atoms. The zero-order valence-corrected chi connectivity index (χ0v) is 19.6. The van der Waals surface area contributed by atoms with Gasteiger partial charge in [-0.15, -0.1) is 0 Å². The van der Waals surface area contributed by atoms with Gasteiger partial charge < -0.3 is 9.64 Å². The summed E-state index contributed by atoms with van der Waals surface area (Å²) in [6.07, 6.45) is 0. The van der Waals surface area contributed by atoms with E-state index in [9.17, 15) is 19.6 Å². The second-order valence-electron chi connectivity index (χ2n) is 8.54. The van der Waals surface area contributed by atoms with Gasteiger partial charge in [0.05, 0.1) is 35.9 Å². The highest BCUT2D eigenvalue weighted by molar-refractivity contribution is 6.37. The largest absolute Gasteiger partial charge is 0.378 e. The van der Waals surface area contributed by atoms with Crippen LogP contribution < -0.4 is 4.90 Å². The van der Waals surface area contributed by atoms with Gasteiger partial charge in [0.25, 0.3) is 5.91 Å². The van der Waals surface area contributed by atoms with Crippen LogP contribution in [0.15, 0.2) is 42.5 Å². The lowest BCUT2D eigenvalue weighted by molar-refractivity contribution is -0.151. The topological polar surface area (TPSA) is 90.7 Å². The number of anilines is 1. The van der Waals surface area contributed by atoms with Crippen molar-refractivity contribution in [3.8, 4) is 6.07 Å². The maximum atomic E-state index is 14.2. The molecule has 0 unspecified atom stereocenters. The van der Waals surface area contributed by atoms with E-state index in [1.54, 1.807) is 30.9 Å². The minimum absolute atomic E-state index is 0.195. The Kier molecular flexibility index (Phi) is 5.95. The summed E-state index contributed by atoms with van der Waals surface area (Å²) in [5.41, 5.74) is -2.37. The molecule has 33 heavy (non-hydrogen) atoms. The molecule has 1 atom stereocenters. The van der Waals surface area contributed by atoms with Crippen molar-refractivity contribution in [1.82, 2.24) is 4.90 Å². The zero-order valence-electron chi connectivity index (χ0n) is 18.1. The third-order valence-corrected chi connectivity index (χ3v) is 6.81. The molecule has 0 bridgehead atoms. The number of halogens is 2. The SMILES string of the molecule is CC1(C)C(=O)N(c2cc(Cl)cc(Cl)c2)C(=O)[C@@]1(C(=O)N1CCOCC1)c1ccc(C#N)cc1. The van der Waals surface area contributed by atoms with Gasteiger partial charge in [0.1, 0.15) is 0 Å². The van der Waals surface area contributed by atoms with Gasteiger partial charge in [-0.25, -0.2) is 4.90 Å². The second-order valence-corrected chi connectivity index (χ2v) is 9.41. The summed E-state index contributed by atoms with van der Waals surface area (Å²) in [4.78, 5) is 44.6. The van der Waals surface area contributed by atoms with E-state index >= 15 is 0 Å². The molecule has 0 radical (unpaired) electrons. The van der Waals surface area contributed by atoms with Crippen molar-refractivity contribution in [2.75, 3.05) is 31.2 Å². The molecule has 7 nitrogen and oxygen atoms in total. The minimum atomic E-state index is -1.84. The van der Waals surface area contributed by atoms with Crippen molar-refractivity contribution in [2.24, 2.45) is 5.41 Å². The number of nitrogens with zero attached hydrogens (tertiary/aromatic N) is 3. The Bertz CT molecular complexity index is 1160. The standard InChI is InChI=1S/C24H21Cl2N3O4/c1-23(2)20(30)29(19-12-17(25)11-18(26)13-19)22(32)24(23,16-5-3-15(14-27)4-6-16)21(31)28-7-9-33-10-8-28/h3-6,11-13H,7-10H2,1-2H3/t24-/m0/s1. The molecule has 2 aliphatic rings. The lowest BCUT2D eigenvalue weighted by Crippen LogP contribution is -2.59. The van der Waals surface area contributed by atoms with Crippen LogP contribution in [0.3, 0.4) is 0 Å². The van der Waals surface area contributed by atoms with Crippen molar-refractivity contribution >= 4 is 46.6 Å². The van der Waals surface area contributed by atoms with Crippen molar-refractivity contribution < 1.29 is 19.1 Å². The molecule has 2 aromatic rings. The Morgan fingerprint density at radius 1 is 1.00 bits per heavy atom. The van der Waals surface area contributed by atoms with Crippen molar-refractivity contribution in [1.29, 1.82) is 5.26 Å². The van der Waals surface area contributed by atoms with Crippen LogP contribution in [0.1, 0.15) is 25.0 Å². The molecule has 2 heterocycles. The first-order valence-electron chi connectivity index (χ1n) is 10.4. The van der Waals surface area contributed by atoms with E-state index < -0.39 is 28.6 Å². The Morgan fingerprint density at radius 2 is 1.58 bits per heavy atom. The molecule has 0 saturated carbocycles. The van der Waals surface area contributed by atoms with E-state index in [2.05, 4.69) is 0 Å². The molecule has 0 N–H and O–H groups in total. The van der Waals surface area contributed by atoms with Crippen molar-refractivity contribution in [2.45, 2.75) is 19.3 Å². The predicted octanol–water partition coefficient (Wildman–Crippen LogP) is 3.56. The number of carbonyl (C=O) groups is 3. The summed E-state index contributed by atoms with van der Waals surface area (Å²) in [5, 5.41) is 9.73. The van der Waals surface area contributed by atoms with E-state index in [1.807, 2.05) is 6.07 Å². The van der Waals surface area contributed by atoms with Gasteiger partial charge >= 0.3 is 0 Å². The minimum Gasteiger partial charge on any atom is -0.378 e. The van der Waals surface area contributed by atoms with E-state index in [1.165, 1.54) is 30.3 Å². The second kappa shape index (κ2) is 8.45. The van der Waals surface area contributed by atoms with E-state index in [-0.39, 0.29) is 15.7 Å². The fourth-order valence-electron chi connectivity index (χ4n) is 4.64. The Hall–Kier alpha value is -2.92. The first-order valence-corrected chi connectivity index (χ1v) is 11.1. The summed E-state index contributed by atoms with van der Waals surface area (Å²) in [6.45, 7) is 4.47. The van der Waals surface area contributed by atoms with Gasteiger partial charge in [0.2, 0.25) is 11.8 Å². The lowest BCUT2D eigenvalue weighted by Gasteiger charge is -2.40. The number of hydrogen-bond donors (Lipinski definition) is 0. The molecular formula is C24H21Cl2N3O4. The molecule has 4 rings (SSSR count). The maximum absolute atomic E-state index is 14.2. The molecule has 170 valence electrons. The molecule has 2 aliphatic heterocycles. The first-order chi connectivity index (χ1) is 15.6. The average molecular weight is 486 g/mol. The van der Waals surface area contributed by atoms with E-state index in [4.69, 9.17) is 27.9 Å². The third kappa shape index (κ3) is 3.50. The van der Waals surface area contributed by atoms with Crippen LogP contribution in [0.5, 0.6) is 0 Å². The number of amides is 3.